The number of amides is 1. The molecular formula is C25H34N4O4S. The maximum atomic E-state index is 12.7. The van der Waals surface area contributed by atoms with E-state index in [2.05, 4.69) is 15.2 Å². The molecule has 0 bridgehead atoms. The van der Waals surface area contributed by atoms with E-state index in [0.29, 0.717) is 45.1 Å². The molecule has 2 aromatic rings. The Balaban J connectivity index is 1.16. The van der Waals surface area contributed by atoms with E-state index in [9.17, 15) is 13.2 Å². The van der Waals surface area contributed by atoms with Gasteiger partial charge in [-0.2, -0.15) is 4.31 Å². The summed E-state index contributed by atoms with van der Waals surface area (Å²) in [5.41, 5.74) is 1.05. The van der Waals surface area contributed by atoms with Gasteiger partial charge < -0.3 is 15.0 Å². The third-order valence-electron chi connectivity index (χ3n) is 6.43. The summed E-state index contributed by atoms with van der Waals surface area (Å²) in [6.45, 7) is 2.17. The molecule has 2 heterocycles. The lowest BCUT2D eigenvalue weighted by atomic mass is 10.1. The number of nitrogens with one attached hydrogen (secondary N) is 1. The highest BCUT2D eigenvalue weighted by molar-refractivity contribution is 7.89. The van der Waals surface area contributed by atoms with Gasteiger partial charge in [-0.1, -0.05) is 18.2 Å². The highest BCUT2D eigenvalue weighted by Gasteiger charge is 2.27. The fraction of sp³-hybridized carbons (Fsp3) is 0.520. The van der Waals surface area contributed by atoms with Crippen LogP contribution in [0.25, 0.3) is 0 Å². The van der Waals surface area contributed by atoms with E-state index >= 15 is 0 Å². The number of anilines is 1. The molecule has 34 heavy (non-hydrogen) atoms. The van der Waals surface area contributed by atoms with Gasteiger partial charge >= 0.3 is 0 Å². The molecule has 8 nitrogen and oxygen atoms in total. The van der Waals surface area contributed by atoms with Crippen molar-refractivity contribution in [3.8, 4) is 5.75 Å². The lowest BCUT2D eigenvalue weighted by molar-refractivity contribution is -0.120. The van der Waals surface area contributed by atoms with E-state index in [0.717, 1.165) is 30.0 Å². The van der Waals surface area contributed by atoms with Gasteiger partial charge in [0.1, 0.15) is 11.6 Å². The van der Waals surface area contributed by atoms with Crippen LogP contribution in [0, 0.1) is 0 Å². The summed E-state index contributed by atoms with van der Waals surface area (Å²) in [5.74, 6) is 1.49. The van der Waals surface area contributed by atoms with Gasteiger partial charge in [0.25, 0.3) is 0 Å². The van der Waals surface area contributed by atoms with Gasteiger partial charge in [0.2, 0.25) is 15.9 Å². The fourth-order valence-electron chi connectivity index (χ4n) is 4.50. The average Bonchev–Trinajstić information content (AvgIpc) is 3.37. The van der Waals surface area contributed by atoms with Gasteiger partial charge in [-0.15, -0.1) is 0 Å². The summed E-state index contributed by atoms with van der Waals surface area (Å²) in [6.07, 6.45) is 7.61. The Bertz CT molecular complexity index is 1030. The number of carbonyl (C=O) groups is 1. The number of aryl methyl sites for hydroxylation is 1. The molecule has 1 amide bonds. The molecule has 0 unspecified atom stereocenters. The van der Waals surface area contributed by atoms with Gasteiger partial charge in [-0.25, -0.2) is 13.4 Å². The van der Waals surface area contributed by atoms with Crippen LogP contribution in [0.5, 0.6) is 5.75 Å². The van der Waals surface area contributed by atoms with E-state index in [1.54, 1.807) is 6.20 Å². The van der Waals surface area contributed by atoms with E-state index in [4.69, 9.17) is 4.74 Å². The minimum Gasteiger partial charge on any atom is -0.490 e. The number of carbonyl (C=O) groups excluding carboxylic acids is 1. The molecule has 1 saturated heterocycles. The van der Waals surface area contributed by atoms with Crippen LogP contribution in [0.2, 0.25) is 0 Å². The highest BCUT2D eigenvalue weighted by Crippen LogP contribution is 2.25. The van der Waals surface area contributed by atoms with Crippen molar-refractivity contribution >= 4 is 21.7 Å². The van der Waals surface area contributed by atoms with Crippen molar-refractivity contribution in [3.63, 3.8) is 0 Å². The van der Waals surface area contributed by atoms with Gasteiger partial charge in [0.15, 0.2) is 0 Å². The maximum absolute atomic E-state index is 12.7. The zero-order chi connectivity index (χ0) is 23.8. The molecule has 0 radical (unpaired) electrons. The van der Waals surface area contributed by atoms with Gasteiger partial charge in [0, 0.05) is 45.3 Å². The predicted octanol–water partition coefficient (Wildman–Crippen LogP) is 2.60. The molecule has 1 N–H and O–H groups in total. The number of aromatic nitrogens is 1. The summed E-state index contributed by atoms with van der Waals surface area (Å²) >= 11 is 0. The lowest BCUT2D eigenvalue weighted by Crippen LogP contribution is -2.50. The molecule has 1 aliphatic heterocycles. The summed E-state index contributed by atoms with van der Waals surface area (Å²) in [4.78, 5) is 18.7. The smallest absolute Gasteiger partial charge is 0.220 e. The predicted molar refractivity (Wildman–Crippen MR) is 132 cm³/mol. The van der Waals surface area contributed by atoms with Crippen molar-refractivity contribution in [1.82, 2.24) is 14.6 Å². The number of benzene rings is 1. The Morgan fingerprint density at radius 3 is 2.59 bits per heavy atom. The third-order valence-corrected chi connectivity index (χ3v) is 8.30. The highest BCUT2D eigenvalue weighted by atomic mass is 32.2. The van der Waals surface area contributed by atoms with Crippen LogP contribution in [0.1, 0.15) is 37.7 Å². The first kappa shape index (κ1) is 24.5. The second kappa shape index (κ2) is 11.7. The normalized spacial score (nSPS) is 17.6. The SMILES string of the molecule is O=C(CCc1cccc(OC2CCCC2)c1)NCCS(=O)(=O)N1CCN(c2ccccn2)CC1. The molecular weight excluding hydrogens is 452 g/mol. The molecule has 2 fully saturated rings. The minimum absolute atomic E-state index is 0.0902. The second-order valence-electron chi connectivity index (χ2n) is 8.91. The van der Waals surface area contributed by atoms with Crippen LogP contribution in [0.15, 0.2) is 48.7 Å². The van der Waals surface area contributed by atoms with Crippen molar-refractivity contribution in [2.45, 2.75) is 44.6 Å². The Morgan fingerprint density at radius 1 is 1.06 bits per heavy atom. The van der Waals surface area contributed by atoms with Crippen molar-refractivity contribution in [1.29, 1.82) is 0 Å². The number of hydrogen-bond acceptors (Lipinski definition) is 6. The fourth-order valence-corrected chi connectivity index (χ4v) is 5.84. The van der Waals surface area contributed by atoms with Crippen molar-refractivity contribution in [2.24, 2.45) is 0 Å². The summed E-state index contributed by atoms with van der Waals surface area (Å²) < 4.78 is 32.9. The molecule has 1 aliphatic carbocycles. The van der Waals surface area contributed by atoms with E-state index in [1.165, 1.54) is 17.1 Å². The molecule has 4 rings (SSSR count). The van der Waals surface area contributed by atoms with Crippen LogP contribution in [-0.2, 0) is 21.2 Å². The van der Waals surface area contributed by atoms with Crippen molar-refractivity contribution < 1.29 is 17.9 Å². The van der Waals surface area contributed by atoms with Crippen molar-refractivity contribution in [3.05, 3.63) is 54.2 Å². The zero-order valence-corrected chi connectivity index (χ0v) is 20.4. The topological polar surface area (TPSA) is 91.8 Å². The van der Waals surface area contributed by atoms with Gasteiger partial charge in [-0.05, 0) is 61.9 Å². The van der Waals surface area contributed by atoms with Crippen LogP contribution < -0.4 is 15.0 Å². The number of ether oxygens (including phenoxy) is 1. The van der Waals surface area contributed by atoms with E-state index < -0.39 is 10.0 Å². The molecule has 0 spiro atoms. The molecule has 0 atom stereocenters. The largest absolute Gasteiger partial charge is 0.490 e. The van der Waals surface area contributed by atoms with Gasteiger partial charge in [-0.3, -0.25) is 4.79 Å². The Labute approximate surface area is 202 Å². The summed E-state index contributed by atoms with van der Waals surface area (Å²) in [5, 5.41) is 2.76. The minimum atomic E-state index is -3.41. The van der Waals surface area contributed by atoms with Crippen molar-refractivity contribution in [2.75, 3.05) is 43.4 Å². The molecule has 2 aliphatic rings. The standard InChI is InChI=1S/C25H34N4O4S/c30-25(12-11-21-6-5-9-23(20-21)33-22-7-1-2-8-22)27-14-19-34(31,32)29-17-15-28(16-18-29)24-10-3-4-13-26-24/h3-6,9-10,13,20,22H,1-2,7-8,11-12,14-19H2,(H,27,30). The van der Waals surface area contributed by atoms with Crippen LogP contribution in [0.4, 0.5) is 5.82 Å². The van der Waals surface area contributed by atoms with Crippen LogP contribution >= 0.6 is 0 Å². The van der Waals surface area contributed by atoms with E-state index in [1.807, 2.05) is 42.5 Å². The Morgan fingerprint density at radius 2 is 1.85 bits per heavy atom. The molecule has 9 heteroatoms. The Hall–Kier alpha value is -2.65. The number of nitrogens with zero attached hydrogens (tertiary/aromatic N) is 3. The van der Waals surface area contributed by atoms with Crippen LogP contribution in [-0.4, -0.2) is 68.2 Å². The Kier molecular flexibility index (Phi) is 8.39. The number of hydrogen-bond donors (Lipinski definition) is 1. The number of pyridine rings is 1. The third kappa shape index (κ3) is 6.93. The first-order valence-electron chi connectivity index (χ1n) is 12.2. The monoisotopic (exact) mass is 486 g/mol. The first-order chi connectivity index (χ1) is 16.5. The average molecular weight is 487 g/mol. The molecule has 184 valence electrons. The first-order valence-corrected chi connectivity index (χ1v) is 13.8. The second-order valence-corrected chi connectivity index (χ2v) is 11.0. The summed E-state index contributed by atoms with van der Waals surface area (Å²) in [6, 6.07) is 13.6. The lowest BCUT2D eigenvalue weighted by Gasteiger charge is -2.34. The quantitative estimate of drug-likeness (QED) is 0.555. The number of rotatable bonds is 10. The maximum Gasteiger partial charge on any atom is 0.220 e. The molecule has 1 saturated carbocycles. The van der Waals surface area contributed by atoms with Crippen LogP contribution in [0.3, 0.4) is 0 Å². The molecule has 1 aromatic heterocycles. The van der Waals surface area contributed by atoms with Gasteiger partial charge in [0.05, 0.1) is 11.9 Å². The number of piperazine rings is 1. The summed E-state index contributed by atoms with van der Waals surface area (Å²) in [7, 11) is -3.41. The zero-order valence-electron chi connectivity index (χ0n) is 19.6. The van der Waals surface area contributed by atoms with E-state index in [-0.39, 0.29) is 18.2 Å². The molecule has 1 aromatic carbocycles. The number of sulfonamides is 1.